The van der Waals surface area contributed by atoms with E-state index in [0.29, 0.717) is 6.54 Å². The highest BCUT2D eigenvalue weighted by atomic mass is 16.5. The Kier molecular flexibility index (Phi) is 4.84. The number of carbonyl (C=O) groups excluding carboxylic acids is 1. The maximum absolute atomic E-state index is 11.6. The Morgan fingerprint density at radius 1 is 1.67 bits per heavy atom. The highest BCUT2D eigenvalue weighted by Crippen LogP contribution is 1.99. The lowest BCUT2D eigenvalue weighted by Crippen LogP contribution is -2.49. The summed E-state index contributed by atoms with van der Waals surface area (Å²) in [6.45, 7) is 6.97. The van der Waals surface area contributed by atoms with Gasteiger partial charge in [-0.05, 0) is 13.8 Å². The van der Waals surface area contributed by atoms with Gasteiger partial charge in [-0.25, -0.2) is 4.79 Å². The molecule has 1 rings (SSSR count). The fraction of sp³-hybridized carbons (Fsp3) is 0.900. The third-order valence-corrected chi connectivity index (χ3v) is 2.24. The van der Waals surface area contributed by atoms with Crippen molar-refractivity contribution in [2.45, 2.75) is 26.0 Å². The van der Waals surface area contributed by atoms with Crippen molar-refractivity contribution < 1.29 is 9.53 Å². The maximum atomic E-state index is 11.6. The van der Waals surface area contributed by atoms with E-state index in [1.165, 1.54) is 0 Å². The Balaban J connectivity index is 2.26. The number of carbonyl (C=O) groups is 1. The first-order valence-corrected chi connectivity index (χ1v) is 5.43. The number of nitrogens with zero attached hydrogens (tertiary/aromatic N) is 1. The van der Waals surface area contributed by atoms with E-state index < -0.39 is 0 Å². The van der Waals surface area contributed by atoms with Crippen LogP contribution < -0.4 is 10.6 Å². The van der Waals surface area contributed by atoms with Crippen LogP contribution in [0.4, 0.5) is 4.79 Å². The number of likely N-dealkylation sites (N-methyl/N-ethyl adjacent to an activating group) is 1. The predicted octanol–water partition coefficient (Wildman–Crippen LogP) is 0.0246. The van der Waals surface area contributed by atoms with Crippen molar-refractivity contribution >= 4 is 6.03 Å². The van der Waals surface area contributed by atoms with Gasteiger partial charge in [0.05, 0.1) is 12.7 Å². The molecule has 88 valence electrons. The molecule has 5 heteroatoms. The van der Waals surface area contributed by atoms with Gasteiger partial charge >= 0.3 is 6.03 Å². The molecule has 15 heavy (non-hydrogen) atoms. The topological polar surface area (TPSA) is 53.6 Å². The van der Waals surface area contributed by atoms with E-state index >= 15 is 0 Å². The molecule has 1 heterocycles. The molecular formula is C10H21N3O2. The summed E-state index contributed by atoms with van der Waals surface area (Å²) in [5.74, 6) is 0. The fourth-order valence-corrected chi connectivity index (χ4v) is 1.48. The quantitative estimate of drug-likeness (QED) is 0.698. The van der Waals surface area contributed by atoms with Gasteiger partial charge in [0, 0.05) is 32.7 Å². The number of hydrogen-bond donors (Lipinski definition) is 2. The van der Waals surface area contributed by atoms with Crippen LogP contribution >= 0.6 is 0 Å². The van der Waals surface area contributed by atoms with Crippen LogP contribution in [-0.4, -0.2) is 56.4 Å². The Labute approximate surface area is 91.2 Å². The monoisotopic (exact) mass is 215 g/mol. The first-order valence-electron chi connectivity index (χ1n) is 5.43. The summed E-state index contributed by atoms with van der Waals surface area (Å²) in [5, 5.41) is 6.08. The number of hydrogen-bond acceptors (Lipinski definition) is 3. The molecule has 0 aliphatic carbocycles. The first-order chi connectivity index (χ1) is 7.09. The minimum atomic E-state index is -0.0424. The van der Waals surface area contributed by atoms with E-state index in [9.17, 15) is 4.79 Å². The van der Waals surface area contributed by atoms with Crippen molar-refractivity contribution in [3.8, 4) is 0 Å². The summed E-state index contributed by atoms with van der Waals surface area (Å²) in [6, 6.07) is 0.129. The van der Waals surface area contributed by atoms with Gasteiger partial charge in [0.1, 0.15) is 0 Å². The lowest BCUT2D eigenvalue weighted by atomic mass is 10.3. The molecule has 1 aliphatic rings. The molecule has 1 aliphatic heterocycles. The first kappa shape index (κ1) is 12.3. The number of ether oxygens (including phenoxy) is 1. The van der Waals surface area contributed by atoms with Crippen LogP contribution in [0.15, 0.2) is 0 Å². The summed E-state index contributed by atoms with van der Waals surface area (Å²) < 4.78 is 5.52. The third-order valence-electron chi connectivity index (χ3n) is 2.24. The van der Waals surface area contributed by atoms with E-state index in [4.69, 9.17) is 4.74 Å². The second kappa shape index (κ2) is 5.92. The minimum Gasteiger partial charge on any atom is -0.374 e. The second-order valence-electron chi connectivity index (χ2n) is 4.18. The van der Waals surface area contributed by atoms with Gasteiger partial charge < -0.3 is 20.3 Å². The largest absolute Gasteiger partial charge is 0.374 e. The smallest absolute Gasteiger partial charge is 0.317 e. The Morgan fingerprint density at radius 2 is 2.40 bits per heavy atom. The van der Waals surface area contributed by atoms with Gasteiger partial charge in [-0.15, -0.1) is 0 Å². The number of nitrogens with one attached hydrogen (secondary N) is 2. The fourth-order valence-electron chi connectivity index (χ4n) is 1.48. The maximum Gasteiger partial charge on any atom is 0.317 e. The van der Waals surface area contributed by atoms with Gasteiger partial charge in [0.15, 0.2) is 0 Å². The summed E-state index contributed by atoms with van der Waals surface area (Å²) in [5.41, 5.74) is 0. The molecule has 0 radical (unpaired) electrons. The molecule has 0 aromatic rings. The summed E-state index contributed by atoms with van der Waals surface area (Å²) >= 11 is 0. The van der Waals surface area contributed by atoms with Gasteiger partial charge in [-0.3, -0.25) is 0 Å². The standard InChI is InChI=1S/C10H21N3O2/c1-8(2)12-10(14)13(3)7-9-6-11-4-5-15-9/h8-9,11H,4-7H2,1-3H3,(H,12,14). The average Bonchev–Trinajstić information content (AvgIpc) is 2.18. The van der Waals surface area contributed by atoms with Crippen molar-refractivity contribution in [1.29, 1.82) is 0 Å². The molecule has 2 amide bonds. The molecular weight excluding hydrogens is 194 g/mol. The van der Waals surface area contributed by atoms with E-state index in [-0.39, 0.29) is 18.2 Å². The highest BCUT2D eigenvalue weighted by molar-refractivity contribution is 5.74. The third kappa shape index (κ3) is 4.48. The van der Waals surface area contributed by atoms with Gasteiger partial charge in [-0.1, -0.05) is 0 Å². The van der Waals surface area contributed by atoms with Gasteiger partial charge in [0.2, 0.25) is 0 Å². The zero-order chi connectivity index (χ0) is 11.3. The Morgan fingerprint density at radius 3 is 2.93 bits per heavy atom. The van der Waals surface area contributed by atoms with Crippen molar-refractivity contribution in [1.82, 2.24) is 15.5 Å². The van der Waals surface area contributed by atoms with Crippen molar-refractivity contribution in [3.63, 3.8) is 0 Å². The molecule has 1 saturated heterocycles. The number of amides is 2. The van der Waals surface area contributed by atoms with Crippen LogP contribution in [0.5, 0.6) is 0 Å². The Hall–Kier alpha value is -0.810. The van der Waals surface area contributed by atoms with Crippen molar-refractivity contribution in [2.75, 3.05) is 33.3 Å². The van der Waals surface area contributed by atoms with Gasteiger partial charge in [0.25, 0.3) is 0 Å². The lowest BCUT2D eigenvalue weighted by Gasteiger charge is -2.28. The van der Waals surface area contributed by atoms with E-state index in [0.717, 1.165) is 19.7 Å². The summed E-state index contributed by atoms with van der Waals surface area (Å²) in [7, 11) is 1.79. The highest BCUT2D eigenvalue weighted by Gasteiger charge is 2.18. The predicted molar refractivity (Wildman–Crippen MR) is 58.9 cm³/mol. The Bertz CT molecular complexity index is 203. The molecule has 0 saturated carbocycles. The number of urea groups is 1. The number of morpholine rings is 1. The summed E-state index contributed by atoms with van der Waals surface area (Å²) in [4.78, 5) is 13.2. The van der Waals surface area contributed by atoms with E-state index in [1.54, 1.807) is 11.9 Å². The van der Waals surface area contributed by atoms with E-state index in [2.05, 4.69) is 10.6 Å². The van der Waals surface area contributed by atoms with Crippen LogP contribution in [0.3, 0.4) is 0 Å². The van der Waals surface area contributed by atoms with Gasteiger partial charge in [-0.2, -0.15) is 0 Å². The van der Waals surface area contributed by atoms with Crippen molar-refractivity contribution in [3.05, 3.63) is 0 Å². The number of rotatable bonds is 3. The molecule has 5 nitrogen and oxygen atoms in total. The second-order valence-corrected chi connectivity index (χ2v) is 4.18. The van der Waals surface area contributed by atoms with Crippen LogP contribution in [0.25, 0.3) is 0 Å². The SMILES string of the molecule is CC(C)NC(=O)N(C)CC1CNCCO1. The molecule has 0 aromatic heterocycles. The zero-order valence-electron chi connectivity index (χ0n) is 9.75. The molecule has 1 fully saturated rings. The lowest BCUT2D eigenvalue weighted by molar-refractivity contribution is 0.0154. The molecule has 1 atom stereocenters. The molecule has 0 spiro atoms. The van der Waals surface area contributed by atoms with E-state index in [1.807, 2.05) is 13.8 Å². The van der Waals surface area contributed by atoms with Crippen molar-refractivity contribution in [2.24, 2.45) is 0 Å². The molecule has 0 bridgehead atoms. The average molecular weight is 215 g/mol. The van der Waals surface area contributed by atoms with Crippen LogP contribution in [0.2, 0.25) is 0 Å². The minimum absolute atomic E-state index is 0.0424. The summed E-state index contributed by atoms with van der Waals surface area (Å²) in [6.07, 6.45) is 0.113. The molecule has 2 N–H and O–H groups in total. The van der Waals surface area contributed by atoms with Crippen LogP contribution in [-0.2, 0) is 4.74 Å². The van der Waals surface area contributed by atoms with Crippen LogP contribution in [0, 0.1) is 0 Å². The molecule has 0 aromatic carbocycles. The molecule has 1 unspecified atom stereocenters. The van der Waals surface area contributed by atoms with Crippen LogP contribution in [0.1, 0.15) is 13.8 Å². The normalized spacial score (nSPS) is 21.5. The zero-order valence-corrected chi connectivity index (χ0v) is 9.75.